The third-order valence-corrected chi connectivity index (χ3v) is 6.49. The zero-order chi connectivity index (χ0) is 23.2. The van der Waals surface area contributed by atoms with Crippen molar-refractivity contribution in [2.75, 3.05) is 0 Å². The third kappa shape index (κ3) is 3.52. The number of aromatic nitrogens is 5. The first-order valence-electron chi connectivity index (χ1n) is 10.7. The Morgan fingerprint density at radius 1 is 0.765 bits per heavy atom. The Kier molecular flexibility index (Phi) is 5.05. The summed E-state index contributed by atoms with van der Waals surface area (Å²) in [7, 11) is 0. The van der Waals surface area contributed by atoms with Crippen molar-refractivity contribution in [2.24, 2.45) is 0 Å². The quantitative estimate of drug-likeness (QED) is 0.321. The molecular formula is C26H17Cl2N5O. The summed E-state index contributed by atoms with van der Waals surface area (Å²) >= 11 is 12.4. The summed E-state index contributed by atoms with van der Waals surface area (Å²) in [5, 5.41) is 1.71. The van der Waals surface area contributed by atoms with Gasteiger partial charge in [-0.05, 0) is 41.5 Å². The largest absolute Gasteiger partial charge is 0.304 e. The van der Waals surface area contributed by atoms with Crippen molar-refractivity contribution in [3.05, 3.63) is 111 Å². The van der Waals surface area contributed by atoms with E-state index in [4.69, 9.17) is 33.2 Å². The number of para-hydroxylation sites is 2. The molecule has 0 saturated heterocycles. The molecule has 34 heavy (non-hydrogen) atoms. The van der Waals surface area contributed by atoms with Crippen molar-refractivity contribution >= 4 is 56.4 Å². The highest BCUT2D eigenvalue weighted by Crippen LogP contribution is 2.26. The Bertz CT molecular complexity index is 1760. The van der Waals surface area contributed by atoms with Crippen LogP contribution in [0.5, 0.6) is 0 Å². The number of hydrogen-bond acceptors (Lipinski definition) is 4. The lowest BCUT2D eigenvalue weighted by Gasteiger charge is -2.09. The number of benzene rings is 3. The van der Waals surface area contributed by atoms with Gasteiger partial charge in [0, 0.05) is 10.0 Å². The zero-order valence-electron chi connectivity index (χ0n) is 17.8. The molecule has 3 aromatic carbocycles. The molecule has 0 aliphatic heterocycles. The van der Waals surface area contributed by atoms with Crippen molar-refractivity contribution in [1.29, 1.82) is 0 Å². The molecule has 0 saturated carbocycles. The molecule has 8 heteroatoms. The van der Waals surface area contributed by atoms with E-state index in [1.807, 2.05) is 77.4 Å². The molecule has 6 nitrogen and oxygen atoms in total. The van der Waals surface area contributed by atoms with Crippen LogP contribution >= 0.6 is 23.2 Å². The molecule has 0 radical (unpaired) electrons. The SMILES string of the molecule is O=c1c2c3nc4ccccc4nc3n(Cc3ccc(Cl)cc3)c2ncn1Cc1ccccc1Cl. The van der Waals surface area contributed by atoms with Gasteiger partial charge in [-0.2, -0.15) is 0 Å². The molecule has 0 bridgehead atoms. The number of hydrogen-bond donors (Lipinski definition) is 0. The summed E-state index contributed by atoms with van der Waals surface area (Å²) in [6.07, 6.45) is 1.56. The molecule has 0 amide bonds. The molecule has 6 rings (SSSR count). The van der Waals surface area contributed by atoms with Crippen LogP contribution in [0.3, 0.4) is 0 Å². The standard InChI is InChI=1S/C26H17Cl2N5O/c27-18-11-9-16(10-12-18)13-33-24-22(23-25(33)31-21-8-4-3-7-20(21)30-23)26(34)32(15-29-24)14-17-5-1-2-6-19(17)28/h1-12,15H,13-14H2. The van der Waals surface area contributed by atoms with Crippen LogP contribution in [0.2, 0.25) is 10.0 Å². The molecule has 0 N–H and O–H groups in total. The van der Waals surface area contributed by atoms with Gasteiger partial charge in [0.25, 0.3) is 5.56 Å². The third-order valence-electron chi connectivity index (χ3n) is 5.87. The van der Waals surface area contributed by atoms with Gasteiger partial charge in [0.2, 0.25) is 0 Å². The van der Waals surface area contributed by atoms with E-state index in [1.165, 1.54) is 0 Å². The Morgan fingerprint density at radius 3 is 2.24 bits per heavy atom. The first kappa shape index (κ1) is 20.8. The minimum Gasteiger partial charge on any atom is -0.304 e. The number of rotatable bonds is 4. The fourth-order valence-corrected chi connectivity index (χ4v) is 4.51. The maximum atomic E-state index is 13.7. The minimum absolute atomic E-state index is 0.186. The molecule has 6 aromatic rings. The highest BCUT2D eigenvalue weighted by Gasteiger charge is 2.20. The van der Waals surface area contributed by atoms with E-state index in [0.29, 0.717) is 45.3 Å². The van der Waals surface area contributed by atoms with Gasteiger partial charge in [-0.3, -0.25) is 9.36 Å². The van der Waals surface area contributed by atoms with Gasteiger partial charge in [0.15, 0.2) is 11.3 Å². The van der Waals surface area contributed by atoms with E-state index in [9.17, 15) is 4.79 Å². The van der Waals surface area contributed by atoms with Gasteiger partial charge >= 0.3 is 0 Å². The average molecular weight is 486 g/mol. The lowest BCUT2D eigenvalue weighted by atomic mass is 10.2. The van der Waals surface area contributed by atoms with Gasteiger partial charge in [-0.1, -0.05) is 65.7 Å². The highest BCUT2D eigenvalue weighted by atomic mass is 35.5. The Balaban J connectivity index is 1.61. The first-order valence-corrected chi connectivity index (χ1v) is 11.5. The molecule has 0 aliphatic rings. The predicted molar refractivity (Wildman–Crippen MR) is 136 cm³/mol. The first-order chi connectivity index (χ1) is 16.6. The maximum absolute atomic E-state index is 13.7. The molecule has 0 unspecified atom stereocenters. The summed E-state index contributed by atoms with van der Waals surface area (Å²) in [5.41, 5.74) is 4.84. The second-order valence-corrected chi connectivity index (χ2v) is 8.91. The van der Waals surface area contributed by atoms with E-state index < -0.39 is 0 Å². The van der Waals surface area contributed by atoms with E-state index in [2.05, 4.69) is 4.98 Å². The predicted octanol–water partition coefficient (Wildman–Crippen LogP) is 5.70. The Labute approximate surface area is 204 Å². The summed E-state index contributed by atoms with van der Waals surface area (Å²) in [5.74, 6) is 0. The van der Waals surface area contributed by atoms with Crippen LogP contribution in [-0.2, 0) is 13.1 Å². The normalized spacial score (nSPS) is 11.6. The van der Waals surface area contributed by atoms with Crippen LogP contribution in [0.4, 0.5) is 0 Å². The average Bonchev–Trinajstić information content (AvgIpc) is 3.15. The number of nitrogens with zero attached hydrogens (tertiary/aromatic N) is 5. The minimum atomic E-state index is -0.186. The summed E-state index contributed by atoms with van der Waals surface area (Å²) in [6.45, 7) is 0.789. The highest BCUT2D eigenvalue weighted by molar-refractivity contribution is 6.31. The number of fused-ring (bicyclic) bond motifs is 4. The van der Waals surface area contributed by atoms with E-state index in [-0.39, 0.29) is 5.56 Å². The van der Waals surface area contributed by atoms with Gasteiger partial charge in [0.1, 0.15) is 17.2 Å². The molecule has 0 aliphatic carbocycles. The molecule has 0 atom stereocenters. The van der Waals surface area contributed by atoms with Crippen molar-refractivity contribution in [3.8, 4) is 0 Å². The van der Waals surface area contributed by atoms with Crippen LogP contribution in [0.25, 0.3) is 33.2 Å². The van der Waals surface area contributed by atoms with Crippen LogP contribution < -0.4 is 5.56 Å². The van der Waals surface area contributed by atoms with Crippen LogP contribution in [0.15, 0.2) is 83.9 Å². The fraction of sp³-hybridized carbons (Fsp3) is 0.0769. The summed E-state index contributed by atoms with van der Waals surface area (Å²) in [4.78, 5) is 28.1. The smallest absolute Gasteiger partial charge is 0.265 e. The van der Waals surface area contributed by atoms with E-state index >= 15 is 0 Å². The molecule has 0 fully saturated rings. The molecule has 0 spiro atoms. The summed E-state index contributed by atoms with van der Waals surface area (Å²) in [6, 6.07) is 22.7. The Hall–Kier alpha value is -3.74. The fourth-order valence-electron chi connectivity index (χ4n) is 4.18. The van der Waals surface area contributed by atoms with Gasteiger partial charge in [0.05, 0.1) is 24.1 Å². The lowest BCUT2D eigenvalue weighted by Crippen LogP contribution is -2.21. The second kappa shape index (κ2) is 8.24. The van der Waals surface area contributed by atoms with Crippen molar-refractivity contribution in [2.45, 2.75) is 13.1 Å². The molecule has 3 aromatic heterocycles. The van der Waals surface area contributed by atoms with Crippen LogP contribution in [0.1, 0.15) is 11.1 Å². The van der Waals surface area contributed by atoms with E-state index in [1.54, 1.807) is 10.9 Å². The summed E-state index contributed by atoms with van der Waals surface area (Å²) < 4.78 is 3.50. The zero-order valence-corrected chi connectivity index (χ0v) is 19.3. The monoisotopic (exact) mass is 485 g/mol. The van der Waals surface area contributed by atoms with Crippen molar-refractivity contribution in [3.63, 3.8) is 0 Å². The van der Waals surface area contributed by atoms with Crippen LogP contribution in [0, 0.1) is 0 Å². The Morgan fingerprint density at radius 2 is 1.47 bits per heavy atom. The van der Waals surface area contributed by atoms with Crippen molar-refractivity contribution in [1.82, 2.24) is 24.1 Å². The second-order valence-electron chi connectivity index (χ2n) is 8.06. The molecule has 3 heterocycles. The van der Waals surface area contributed by atoms with Gasteiger partial charge in [-0.25, -0.2) is 15.0 Å². The van der Waals surface area contributed by atoms with Crippen molar-refractivity contribution < 1.29 is 0 Å². The lowest BCUT2D eigenvalue weighted by molar-refractivity contribution is 0.742. The topological polar surface area (TPSA) is 65.6 Å². The number of halogens is 2. The van der Waals surface area contributed by atoms with Gasteiger partial charge < -0.3 is 4.57 Å². The molecular weight excluding hydrogens is 469 g/mol. The van der Waals surface area contributed by atoms with E-state index in [0.717, 1.165) is 22.2 Å². The molecule has 166 valence electrons. The van der Waals surface area contributed by atoms with Crippen LogP contribution in [-0.4, -0.2) is 24.1 Å². The maximum Gasteiger partial charge on any atom is 0.265 e. The van der Waals surface area contributed by atoms with Gasteiger partial charge in [-0.15, -0.1) is 0 Å².